The van der Waals surface area contributed by atoms with E-state index in [1.165, 1.54) is 0 Å². The second-order valence-corrected chi connectivity index (χ2v) is 4.83. The Hall–Kier alpha value is -1.14. The standard InChI is InChI=1S/C12H16F2N2OS/c1-2-8(15)7-11(17)16-9-5-3-4-6-10(9)18-12(13)14/h3-6,8,12H,2,7,15H2,1H3,(H,16,17). The van der Waals surface area contributed by atoms with Crippen LogP contribution in [0, 0.1) is 0 Å². The Kier molecular flexibility index (Phi) is 6.07. The van der Waals surface area contributed by atoms with Crippen molar-refractivity contribution in [3.8, 4) is 0 Å². The number of alkyl halides is 2. The van der Waals surface area contributed by atoms with E-state index in [0.29, 0.717) is 28.8 Å². The van der Waals surface area contributed by atoms with Gasteiger partial charge in [0.2, 0.25) is 5.91 Å². The molecule has 0 spiro atoms. The molecule has 0 heterocycles. The van der Waals surface area contributed by atoms with Gasteiger partial charge in [-0.15, -0.1) is 0 Å². The number of thioether (sulfide) groups is 1. The first-order valence-electron chi connectivity index (χ1n) is 5.62. The highest BCUT2D eigenvalue weighted by molar-refractivity contribution is 7.99. The van der Waals surface area contributed by atoms with Gasteiger partial charge in [-0.25, -0.2) is 0 Å². The van der Waals surface area contributed by atoms with E-state index in [9.17, 15) is 13.6 Å². The molecule has 0 bridgehead atoms. The largest absolute Gasteiger partial charge is 0.327 e. The van der Waals surface area contributed by atoms with E-state index in [-0.39, 0.29) is 18.4 Å². The number of nitrogens with two attached hydrogens (primary N) is 1. The van der Waals surface area contributed by atoms with Crippen LogP contribution < -0.4 is 11.1 Å². The van der Waals surface area contributed by atoms with Crippen molar-refractivity contribution in [2.75, 3.05) is 5.32 Å². The summed E-state index contributed by atoms with van der Waals surface area (Å²) < 4.78 is 24.7. The molecular formula is C12H16F2N2OS. The number of nitrogens with one attached hydrogen (secondary N) is 1. The number of halogens is 2. The van der Waals surface area contributed by atoms with Crippen molar-refractivity contribution in [1.82, 2.24) is 0 Å². The fourth-order valence-corrected chi connectivity index (χ4v) is 1.95. The molecule has 0 aromatic heterocycles. The summed E-state index contributed by atoms with van der Waals surface area (Å²) in [6.45, 7) is 1.89. The van der Waals surface area contributed by atoms with Crippen molar-refractivity contribution in [3.05, 3.63) is 24.3 Å². The van der Waals surface area contributed by atoms with Crippen molar-refractivity contribution in [2.45, 2.75) is 36.5 Å². The molecule has 3 nitrogen and oxygen atoms in total. The van der Waals surface area contributed by atoms with Crippen LogP contribution in [-0.4, -0.2) is 17.7 Å². The predicted octanol–water partition coefficient (Wildman–Crippen LogP) is 3.07. The van der Waals surface area contributed by atoms with E-state index in [4.69, 9.17) is 5.73 Å². The minimum atomic E-state index is -2.51. The molecule has 0 aliphatic rings. The molecule has 18 heavy (non-hydrogen) atoms. The van der Waals surface area contributed by atoms with Crippen LogP contribution >= 0.6 is 11.8 Å². The van der Waals surface area contributed by atoms with Crippen LogP contribution in [0.3, 0.4) is 0 Å². The van der Waals surface area contributed by atoms with Crippen LogP contribution in [0.2, 0.25) is 0 Å². The topological polar surface area (TPSA) is 55.1 Å². The van der Waals surface area contributed by atoms with Gasteiger partial charge >= 0.3 is 0 Å². The maximum atomic E-state index is 12.3. The molecule has 1 aromatic rings. The molecule has 0 aliphatic heterocycles. The van der Waals surface area contributed by atoms with E-state index in [2.05, 4.69) is 5.32 Å². The molecule has 0 saturated heterocycles. The van der Waals surface area contributed by atoms with E-state index < -0.39 is 5.76 Å². The average Bonchev–Trinajstić information content (AvgIpc) is 2.30. The zero-order valence-electron chi connectivity index (χ0n) is 10.0. The third-order valence-corrected chi connectivity index (χ3v) is 3.14. The summed E-state index contributed by atoms with van der Waals surface area (Å²) in [6, 6.07) is 6.27. The van der Waals surface area contributed by atoms with Gasteiger partial charge in [0.25, 0.3) is 5.76 Å². The van der Waals surface area contributed by atoms with Crippen molar-refractivity contribution < 1.29 is 13.6 Å². The first kappa shape index (κ1) is 14.9. The number of hydrogen-bond acceptors (Lipinski definition) is 3. The molecular weight excluding hydrogens is 258 g/mol. The lowest BCUT2D eigenvalue weighted by atomic mass is 10.1. The second-order valence-electron chi connectivity index (χ2n) is 3.80. The number of amides is 1. The van der Waals surface area contributed by atoms with E-state index in [0.717, 1.165) is 0 Å². The summed E-state index contributed by atoms with van der Waals surface area (Å²) >= 11 is 0.412. The summed E-state index contributed by atoms with van der Waals surface area (Å²) in [5, 5.41) is 2.61. The molecule has 100 valence electrons. The van der Waals surface area contributed by atoms with E-state index >= 15 is 0 Å². The SMILES string of the molecule is CCC(N)CC(=O)Nc1ccccc1SC(F)F. The smallest absolute Gasteiger partial charge is 0.288 e. The van der Waals surface area contributed by atoms with Gasteiger partial charge in [0.15, 0.2) is 0 Å². The Bertz CT molecular complexity index is 401. The third kappa shape index (κ3) is 5.01. The van der Waals surface area contributed by atoms with Gasteiger partial charge in [-0.05, 0) is 18.6 Å². The highest BCUT2D eigenvalue weighted by Crippen LogP contribution is 2.31. The normalized spacial score (nSPS) is 12.5. The Balaban J connectivity index is 2.68. The zero-order valence-corrected chi connectivity index (χ0v) is 10.8. The maximum absolute atomic E-state index is 12.3. The number of rotatable bonds is 6. The maximum Gasteiger partial charge on any atom is 0.288 e. The molecule has 0 aliphatic carbocycles. The molecule has 0 radical (unpaired) electrons. The quantitative estimate of drug-likeness (QED) is 0.784. The van der Waals surface area contributed by atoms with Crippen LogP contribution in [0.4, 0.5) is 14.5 Å². The molecule has 1 unspecified atom stereocenters. The fourth-order valence-electron chi connectivity index (χ4n) is 1.35. The number of para-hydroxylation sites is 1. The van der Waals surface area contributed by atoms with Crippen molar-refractivity contribution in [3.63, 3.8) is 0 Å². The molecule has 1 aromatic carbocycles. The van der Waals surface area contributed by atoms with Crippen molar-refractivity contribution in [2.24, 2.45) is 5.73 Å². The number of benzene rings is 1. The van der Waals surface area contributed by atoms with Gasteiger partial charge in [-0.3, -0.25) is 4.79 Å². The molecule has 0 saturated carbocycles. The highest BCUT2D eigenvalue weighted by Gasteiger charge is 2.13. The van der Waals surface area contributed by atoms with Crippen LogP contribution in [-0.2, 0) is 4.79 Å². The lowest BCUT2D eigenvalue weighted by Crippen LogP contribution is -2.26. The molecule has 6 heteroatoms. The summed E-state index contributed by atoms with van der Waals surface area (Å²) in [4.78, 5) is 12.0. The fraction of sp³-hybridized carbons (Fsp3) is 0.417. The molecule has 1 amide bonds. The van der Waals surface area contributed by atoms with Crippen LogP contribution in [0.15, 0.2) is 29.2 Å². The number of carbonyl (C=O) groups is 1. The highest BCUT2D eigenvalue weighted by atomic mass is 32.2. The monoisotopic (exact) mass is 274 g/mol. The molecule has 1 atom stereocenters. The lowest BCUT2D eigenvalue weighted by Gasteiger charge is -2.12. The average molecular weight is 274 g/mol. The van der Waals surface area contributed by atoms with Gasteiger partial charge in [-0.1, -0.05) is 30.8 Å². The van der Waals surface area contributed by atoms with Crippen LogP contribution in [0.25, 0.3) is 0 Å². The summed E-state index contributed by atoms with van der Waals surface area (Å²) in [5.74, 6) is -2.77. The minimum Gasteiger partial charge on any atom is -0.327 e. The second kappa shape index (κ2) is 7.33. The molecule has 1 rings (SSSR count). The van der Waals surface area contributed by atoms with E-state index in [1.807, 2.05) is 6.92 Å². The van der Waals surface area contributed by atoms with Crippen LogP contribution in [0.1, 0.15) is 19.8 Å². The number of carbonyl (C=O) groups excluding carboxylic acids is 1. The number of anilines is 1. The zero-order chi connectivity index (χ0) is 13.5. The third-order valence-electron chi connectivity index (χ3n) is 2.35. The van der Waals surface area contributed by atoms with Crippen molar-refractivity contribution in [1.29, 1.82) is 0 Å². The minimum absolute atomic E-state index is 0.185. The van der Waals surface area contributed by atoms with Crippen molar-refractivity contribution >= 4 is 23.4 Å². The summed E-state index contributed by atoms with van der Waals surface area (Å²) in [6.07, 6.45) is 0.880. The Labute approximate surface area is 109 Å². The molecule has 0 fully saturated rings. The lowest BCUT2D eigenvalue weighted by molar-refractivity contribution is -0.116. The molecule has 3 N–H and O–H groups in total. The van der Waals surface area contributed by atoms with Gasteiger partial charge < -0.3 is 11.1 Å². The predicted molar refractivity (Wildman–Crippen MR) is 69.8 cm³/mol. The van der Waals surface area contributed by atoms with Crippen LogP contribution in [0.5, 0.6) is 0 Å². The van der Waals surface area contributed by atoms with Gasteiger partial charge in [-0.2, -0.15) is 8.78 Å². The first-order chi connectivity index (χ1) is 8.52. The first-order valence-corrected chi connectivity index (χ1v) is 6.50. The van der Waals surface area contributed by atoms with Gasteiger partial charge in [0.05, 0.1) is 5.69 Å². The number of hydrogen-bond donors (Lipinski definition) is 2. The Morgan fingerprint density at radius 2 is 2.11 bits per heavy atom. The Morgan fingerprint density at radius 1 is 1.44 bits per heavy atom. The summed E-state index contributed by atoms with van der Waals surface area (Å²) in [5.41, 5.74) is 6.06. The van der Waals surface area contributed by atoms with Gasteiger partial charge in [0, 0.05) is 17.4 Å². The Morgan fingerprint density at radius 3 is 2.72 bits per heavy atom. The van der Waals surface area contributed by atoms with Gasteiger partial charge in [0.1, 0.15) is 0 Å². The van der Waals surface area contributed by atoms with E-state index in [1.54, 1.807) is 24.3 Å². The summed E-state index contributed by atoms with van der Waals surface area (Å²) in [7, 11) is 0.